The Kier molecular flexibility index (Phi) is 3.85. The minimum absolute atomic E-state index is 0.499. The van der Waals surface area contributed by atoms with E-state index in [9.17, 15) is 0 Å². The van der Waals surface area contributed by atoms with Crippen molar-refractivity contribution < 1.29 is 4.74 Å². The first kappa shape index (κ1) is 12.7. The van der Waals surface area contributed by atoms with Gasteiger partial charge in [0.25, 0.3) is 0 Å². The summed E-state index contributed by atoms with van der Waals surface area (Å²) in [6, 6.07) is 9.23. The van der Waals surface area contributed by atoms with Gasteiger partial charge in [0, 0.05) is 19.0 Å². The third kappa shape index (κ3) is 3.17. The van der Waals surface area contributed by atoms with Crippen molar-refractivity contribution >= 4 is 11.3 Å². The highest BCUT2D eigenvalue weighted by Crippen LogP contribution is 2.25. The predicted octanol–water partition coefficient (Wildman–Crippen LogP) is 3.40. The van der Waals surface area contributed by atoms with E-state index in [4.69, 9.17) is 4.74 Å². The Labute approximate surface area is 118 Å². The van der Waals surface area contributed by atoms with E-state index in [-0.39, 0.29) is 0 Å². The highest BCUT2D eigenvalue weighted by Gasteiger charge is 2.12. The van der Waals surface area contributed by atoms with Crippen LogP contribution in [0.4, 0.5) is 0 Å². The molecule has 3 heteroatoms. The zero-order valence-corrected chi connectivity index (χ0v) is 12.0. The van der Waals surface area contributed by atoms with Gasteiger partial charge in [0.15, 0.2) is 0 Å². The maximum absolute atomic E-state index is 5.53. The molecule has 100 valence electrons. The minimum atomic E-state index is 0.499. The molecule has 0 fully saturated rings. The Morgan fingerprint density at radius 1 is 1.32 bits per heavy atom. The SMILES string of the molecule is CC(Cc1ccsc1)NCc1ccc2c(c1)CCO2. The van der Waals surface area contributed by atoms with E-state index >= 15 is 0 Å². The van der Waals surface area contributed by atoms with Gasteiger partial charge in [-0.2, -0.15) is 11.3 Å². The van der Waals surface area contributed by atoms with E-state index in [2.05, 4.69) is 47.3 Å². The van der Waals surface area contributed by atoms with Crippen molar-refractivity contribution in [2.45, 2.75) is 32.4 Å². The van der Waals surface area contributed by atoms with Crippen molar-refractivity contribution in [3.63, 3.8) is 0 Å². The topological polar surface area (TPSA) is 21.3 Å². The molecule has 1 aliphatic rings. The summed E-state index contributed by atoms with van der Waals surface area (Å²) in [5.41, 5.74) is 4.12. The lowest BCUT2D eigenvalue weighted by Crippen LogP contribution is -2.27. The number of hydrogen-bond acceptors (Lipinski definition) is 3. The summed E-state index contributed by atoms with van der Waals surface area (Å²) in [7, 11) is 0. The zero-order valence-electron chi connectivity index (χ0n) is 11.2. The third-order valence-electron chi connectivity index (χ3n) is 3.53. The molecule has 1 aliphatic heterocycles. The number of rotatable bonds is 5. The maximum Gasteiger partial charge on any atom is 0.122 e. The van der Waals surface area contributed by atoms with Crippen LogP contribution in [0.1, 0.15) is 23.6 Å². The van der Waals surface area contributed by atoms with E-state index < -0.39 is 0 Å². The molecule has 0 spiro atoms. The molecule has 3 rings (SSSR count). The van der Waals surface area contributed by atoms with Crippen molar-refractivity contribution in [2.24, 2.45) is 0 Å². The van der Waals surface area contributed by atoms with Gasteiger partial charge in [-0.3, -0.25) is 0 Å². The van der Waals surface area contributed by atoms with Crippen LogP contribution in [0.25, 0.3) is 0 Å². The fourth-order valence-corrected chi connectivity index (χ4v) is 3.16. The normalized spacial score (nSPS) is 15.0. The molecule has 0 bridgehead atoms. The minimum Gasteiger partial charge on any atom is -0.493 e. The average molecular weight is 273 g/mol. The summed E-state index contributed by atoms with van der Waals surface area (Å²) in [6.07, 6.45) is 2.14. The number of benzene rings is 1. The molecule has 1 aromatic heterocycles. The lowest BCUT2D eigenvalue weighted by molar-refractivity contribution is 0.357. The molecule has 1 aromatic carbocycles. The molecule has 0 radical (unpaired) electrons. The van der Waals surface area contributed by atoms with Gasteiger partial charge >= 0.3 is 0 Å². The molecule has 0 saturated carbocycles. The van der Waals surface area contributed by atoms with Gasteiger partial charge in [-0.05, 0) is 52.9 Å². The van der Waals surface area contributed by atoms with Crippen LogP contribution < -0.4 is 10.1 Å². The Morgan fingerprint density at radius 2 is 2.26 bits per heavy atom. The van der Waals surface area contributed by atoms with E-state index in [0.29, 0.717) is 6.04 Å². The van der Waals surface area contributed by atoms with Crippen LogP contribution in [0.2, 0.25) is 0 Å². The van der Waals surface area contributed by atoms with Crippen LogP contribution in [-0.2, 0) is 19.4 Å². The molecule has 1 N–H and O–H groups in total. The monoisotopic (exact) mass is 273 g/mol. The van der Waals surface area contributed by atoms with Gasteiger partial charge < -0.3 is 10.1 Å². The summed E-state index contributed by atoms with van der Waals surface area (Å²) in [4.78, 5) is 0. The van der Waals surface area contributed by atoms with Crippen LogP contribution in [0.3, 0.4) is 0 Å². The number of nitrogens with one attached hydrogen (secondary N) is 1. The molecular weight excluding hydrogens is 254 g/mol. The fourth-order valence-electron chi connectivity index (χ4n) is 2.48. The van der Waals surface area contributed by atoms with Crippen LogP contribution >= 0.6 is 11.3 Å². The van der Waals surface area contributed by atoms with Crippen molar-refractivity contribution in [3.05, 3.63) is 51.7 Å². The number of hydrogen-bond donors (Lipinski definition) is 1. The number of thiophene rings is 1. The quantitative estimate of drug-likeness (QED) is 0.901. The van der Waals surface area contributed by atoms with Crippen LogP contribution in [-0.4, -0.2) is 12.6 Å². The van der Waals surface area contributed by atoms with Gasteiger partial charge in [0.2, 0.25) is 0 Å². The van der Waals surface area contributed by atoms with Gasteiger partial charge in [0.1, 0.15) is 5.75 Å². The summed E-state index contributed by atoms with van der Waals surface area (Å²) in [6.45, 7) is 4.01. The largest absolute Gasteiger partial charge is 0.493 e. The first-order valence-corrected chi connectivity index (χ1v) is 7.74. The standard InChI is InChI=1S/C16H19NOS/c1-12(8-14-5-7-19-11-14)17-10-13-2-3-16-15(9-13)4-6-18-16/h2-3,5,7,9,11-12,17H,4,6,8,10H2,1H3. The van der Waals surface area contributed by atoms with Crippen LogP contribution in [0, 0.1) is 0 Å². The van der Waals surface area contributed by atoms with Crippen molar-refractivity contribution in [3.8, 4) is 5.75 Å². The second kappa shape index (κ2) is 5.76. The van der Waals surface area contributed by atoms with Crippen LogP contribution in [0.5, 0.6) is 5.75 Å². The van der Waals surface area contributed by atoms with Crippen LogP contribution in [0.15, 0.2) is 35.0 Å². The lowest BCUT2D eigenvalue weighted by Gasteiger charge is -2.13. The third-order valence-corrected chi connectivity index (χ3v) is 4.26. The fraction of sp³-hybridized carbons (Fsp3) is 0.375. The summed E-state index contributed by atoms with van der Waals surface area (Å²) in [5, 5.41) is 7.96. The molecule has 0 saturated heterocycles. The smallest absolute Gasteiger partial charge is 0.122 e. The van der Waals surface area contributed by atoms with E-state index in [1.165, 1.54) is 16.7 Å². The van der Waals surface area contributed by atoms with Crippen molar-refractivity contribution in [2.75, 3.05) is 6.61 Å². The van der Waals surface area contributed by atoms with E-state index in [1.54, 1.807) is 11.3 Å². The molecule has 2 aromatic rings. The van der Waals surface area contributed by atoms with E-state index in [0.717, 1.165) is 31.7 Å². The molecule has 0 amide bonds. The molecule has 19 heavy (non-hydrogen) atoms. The average Bonchev–Trinajstić information content (AvgIpc) is 3.06. The van der Waals surface area contributed by atoms with Gasteiger partial charge in [-0.25, -0.2) is 0 Å². The van der Waals surface area contributed by atoms with Gasteiger partial charge in [0.05, 0.1) is 6.61 Å². The number of fused-ring (bicyclic) bond motifs is 1. The first-order valence-electron chi connectivity index (χ1n) is 6.80. The maximum atomic E-state index is 5.53. The van der Waals surface area contributed by atoms with Gasteiger partial charge in [-0.15, -0.1) is 0 Å². The molecule has 0 aliphatic carbocycles. The molecule has 1 atom stereocenters. The number of ether oxygens (including phenoxy) is 1. The van der Waals surface area contributed by atoms with Gasteiger partial charge in [-0.1, -0.05) is 12.1 Å². The Balaban J connectivity index is 1.54. The Bertz CT molecular complexity index is 536. The first-order chi connectivity index (χ1) is 9.31. The highest BCUT2D eigenvalue weighted by molar-refractivity contribution is 7.07. The molecule has 2 heterocycles. The summed E-state index contributed by atoms with van der Waals surface area (Å²) in [5.74, 6) is 1.06. The zero-order chi connectivity index (χ0) is 13.1. The Morgan fingerprint density at radius 3 is 3.11 bits per heavy atom. The summed E-state index contributed by atoms with van der Waals surface area (Å²) < 4.78 is 5.53. The predicted molar refractivity (Wildman–Crippen MR) is 80.0 cm³/mol. The molecular formula is C16H19NOS. The Hall–Kier alpha value is -1.32. The van der Waals surface area contributed by atoms with Crippen molar-refractivity contribution in [1.29, 1.82) is 0 Å². The van der Waals surface area contributed by atoms with E-state index in [1.807, 2.05) is 0 Å². The summed E-state index contributed by atoms with van der Waals surface area (Å²) >= 11 is 1.77. The lowest BCUT2D eigenvalue weighted by atomic mass is 10.1. The van der Waals surface area contributed by atoms with Crippen molar-refractivity contribution in [1.82, 2.24) is 5.32 Å². The molecule has 1 unspecified atom stereocenters. The highest BCUT2D eigenvalue weighted by atomic mass is 32.1. The molecule has 2 nitrogen and oxygen atoms in total. The second-order valence-electron chi connectivity index (χ2n) is 5.16. The second-order valence-corrected chi connectivity index (χ2v) is 5.94.